The lowest BCUT2D eigenvalue weighted by molar-refractivity contribution is -0.756. The van der Waals surface area contributed by atoms with Crippen molar-refractivity contribution >= 4 is 12.3 Å². The molecule has 1 unspecified atom stereocenters. The monoisotopic (exact) mass is 195 g/mol. The molecule has 0 bridgehead atoms. The molecule has 0 fully saturated rings. The first-order chi connectivity index (χ1) is 6.66. The molecule has 0 amide bonds. The molecule has 1 aliphatic rings. The van der Waals surface area contributed by atoms with E-state index in [0.717, 1.165) is 13.0 Å². The van der Waals surface area contributed by atoms with Crippen molar-refractivity contribution in [3.05, 3.63) is 25.1 Å². The van der Waals surface area contributed by atoms with Crippen LogP contribution in [0.3, 0.4) is 0 Å². The van der Waals surface area contributed by atoms with Crippen LogP contribution >= 0.6 is 0 Å². The molecule has 0 aromatic rings. The van der Waals surface area contributed by atoms with Gasteiger partial charge in [0.1, 0.15) is 6.20 Å². The van der Waals surface area contributed by atoms with E-state index in [9.17, 15) is 4.79 Å². The largest absolute Gasteiger partial charge is 0.462 e. The summed E-state index contributed by atoms with van der Waals surface area (Å²) in [5, 5.41) is 0. The minimum atomic E-state index is -0.363. The molecule has 4 nitrogen and oxygen atoms in total. The Morgan fingerprint density at radius 1 is 1.71 bits per heavy atom. The topological polar surface area (TPSA) is 38.7 Å². The summed E-state index contributed by atoms with van der Waals surface area (Å²) in [7, 11) is 2.04. The van der Waals surface area contributed by atoms with E-state index in [-0.39, 0.29) is 5.97 Å². The minimum Gasteiger partial charge on any atom is -0.462 e. The maximum atomic E-state index is 10.7. The highest BCUT2D eigenvalue weighted by atomic mass is 16.5. The van der Waals surface area contributed by atoms with Crippen LogP contribution in [0.25, 0.3) is 0 Å². The molecule has 1 atom stereocenters. The standard InChI is InChI=1S/C10H15N2O2/c1-3-10(13)14-8-4-6-12(2)7-5-11-9-12/h3,5,7,9H,1,4,6,8H2,2H3/q+1. The van der Waals surface area contributed by atoms with Gasteiger partial charge in [-0.25, -0.2) is 9.79 Å². The van der Waals surface area contributed by atoms with E-state index >= 15 is 0 Å². The average molecular weight is 195 g/mol. The van der Waals surface area contributed by atoms with Gasteiger partial charge in [0, 0.05) is 12.5 Å². The van der Waals surface area contributed by atoms with E-state index in [1.807, 2.05) is 19.6 Å². The fourth-order valence-electron chi connectivity index (χ4n) is 1.19. The molecule has 1 rings (SSSR count). The minimum absolute atomic E-state index is 0.363. The molecule has 0 N–H and O–H groups in total. The third-order valence-electron chi connectivity index (χ3n) is 2.02. The van der Waals surface area contributed by atoms with Crippen LogP contribution in [0, 0.1) is 0 Å². The molecule has 0 aromatic carbocycles. The fourth-order valence-corrected chi connectivity index (χ4v) is 1.19. The van der Waals surface area contributed by atoms with Gasteiger partial charge >= 0.3 is 5.97 Å². The second-order valence-electron chi connectivity index (χ2n) is 3.36. The van der Waals surface area contributed by atoms with Gasteiger partial charge in [-0.05, 0) is 0 Å². The van der Waals surface area contributed by atoms with Gasteiger partial charge in [-0.15, -0.1) is 0 Å². The van der Waals surface area contributed by atoms with Crippen LogP contribution in [-0.4, -0.2) is 37.0 Å². The quantitative estimate of drug-likeness (QED) is 0.285. The lowest BCUT2D eigenvalue weighted by Crippen LogP contribution is -2.36. The Morgan fingerprint density at radius 3 is 3.07 bits per heavy atom. The highest BCUT2D eigenvalue weighted by Gasteiger charge is 2.18. The smallest absolute Gasteiger partial charge is 0.330 e. The summed E-state index contributed by atoms with van der Waals surface area (Å²) >= 11 is 0. The highest BCUT2D eigenvalue weighted by Crippen LogP contribution is 2.07. The fraction of sp³-hybridized carbons (Fsp3) is 0.400. The van der Waals surface area contributed by atoms with E-state index in [4.69, 9.17) is 4.74 Å². The number of esters is 1. The number of aliphatic imine (C=N–C) groups is 1. The van der Waals surface area contributed by atoms with Crippen molar-refractivity contribution in [1.82, 2.24) is 0 Å². The van der Waals surface area contributed by atoms with Crippen molar-refractivity contribution in [2.45, 2.75) is 6.42 Å². The molecule has 0 saturated carbocycles. The van der Waals surface area contributed by atoms with Crippen molar-refractivity contribution in [2.24, 2.45) is 4.99 Å². The summed E-state index contributed by atoms with van der Waals surface area (Å²) in [5.74, 6) is -0.363. The Kier molecular flexibility index (Phi) is 3.59. The lowest BCUT2D eigenvalue weighted by atomic mass is 10.4. The average Bonchev–Trinajstić information content (AvgIpc) is 2.60. The molecule has 1 aliphatic heterocycles. The van der Waals surface area contributed by atoms with Crippen molar-refractivity contribution in [2.75, 3.05) is 20.2 Å². The molecule has 0 spiro atoms. The van der Waals surface area contributed by atoms with Crippen LogP contribution in [0.4, 0.5) is 0 Å². The Morgan fingerprint density at radius 2 is 2.50 bits per heavy atom. The molecule has 76 valence electrons. The first-order valence-corrected chi connectivity index (χ1v) is 4.52. The maximum Gasteiger partial charge on any atom is 0.330 e. The van der Waals surface area contributed by atoms with Crippen molar-refractivity contribution < 1.29 is 14.0 Å². The van der Waals surface area contributed by atoms with Crippen molar-refractivity contribution in [3.8, 4) is 0 Å². The van der Waals surface area contributed by atoms with Gasteiger partial charge in [0.2, 0.25) is 0 Å². The first kappa shape index (κ1) is 10.7. The van der Waals surface area contributed by atoms with Crippen LogP contribution < -0.4 is 0 Å². The maximum absolute atomic E-state index is 10.7. The molecule has 0 radical (unpaired) electrons. The van der Waals surface area contributed by atoms with E-state index in [1.165, 1.54) is 6.08 Å². The summed E-state index contributed by atoms with van der Waals surface area (Å²) in [6.07, 6.45) is 7.61. The molecule has 4 heteroatoms. The summed E-state index contributed by atoms with van der Waals surface area (Å²) in [5.41, 5.74) is 0. The van der Waals surface area contributed by atoms with Crippen LogP contribution in [0.2, 0.25) is 0 Å². The summed E-state index contributed by atoms with van der Waals surface area (Å²) in [6.45, 7) is 4.63. The second-order valence-corrected chi connectivity index (χ2v) is 3.36. The number of hydrogen-bond acceptors (Lipinski definition) is 3. The Balaban J connectivity index is 2.15. The van der Waals surface area contributed by atoms with Crippen molar-refractivity contribution in [3.63, 3.8) is 0 Å². The van der Waals surface area contributed by atoms with Crippen molar-refractivity contribution in [1.29, 1.82) is 0 Å². The summed E-state index contributed by atoms with van der Waals surface area (Å²) in [6, 6.07) is 0. The van der Waals surface area contributed by atoms with Crippen LogP contribution in [0.1, 0.15) is 6.42 Å². The Labute approximate surface area is 83.8 Å². The van der Waals surface area contributed by atoms with E-state index in [1.54, 1.807) is 6.20 Å². The number of quaternary nitrogens is 1. The number of carbonyl (C=O) groups excluding carboxylic acids is 1. The second kappa shape index (κ2) is 4.72. The van der Waals surface area contributed by atoms with Gasteiger partial charge in [0.25, 0.3) is 0 Å². The molecule has 14 heavy (non-hydrogen) atoms. The molecule has 0 saturated heterocycles. The zero-order valence-corrected chi connectivity index (χ0v) is 8.35. The van der Waals surface area contributed by atoms with Gasteiger partial charge in [-0.2, -0.15) is 0 Å². The number of carbonyl (C=O) groups is 1. The predicted molar refractivity (Wildman–Crippen MR) is 54.5 cm³/mol. The van der Waals surface area contributed by atoms with Crippen LogP contribution in [0.5, 0.6) is 0 Å². The van der Waals surface area contributed by atoms with E-state index < -0.39 is 0 Å². The molecule has 1 heterocycles. The van der Waals surface area contributed by atoms with E-state index in [2.05, 4.69) is 11.6 Å². The molecular weight excluding hydrogens is 180 g/mol. The third-order valence-corrected chi connectivity index (χ3v) is 2.02. The number of hydrogen-bond donors (Lipinski definition) is 0. The van der Waals surface area contributed by atoms with Gasteiger partial charge in [-0.3, -0.25) is 4.48 Å². The predicted octanol–water partition coefficient (Wildman–Crippen LogP) is 1.07. The number of nitrogens with zero attached hydrogens (tertiary/aromatic N) is 2. The normalized spacial score (nSPS) is 23.8. The Bertz CT molecular complexity index is 270. The van der Waals surface area contributed by atoms with Gasteiger partial charge in [-0.1, -0.05) is 6.58 Å². The number of ether oxygens (including phenoxy) is 1. The zero-order valence-electron chi connectivity index (χ0n) is 8.35. The summed E-state index contributed by atoms with van der Waals surface area (Å²) < 4.78 is 5.53. The van der Waals surface area contributed by atoms with Crippen LogP contribution in [0.15, 0.2) is 30.0 Å². The zero-order chi connectivity index (χ0) is 10.4. The van der Waals surface area contributed by atoms with Crippen LogP contribution in [-0.2, 0) is 9.53 Å². The molecular formula is C10H15N2O2+. The molecule has 0 aliphatic carbocycles. The highest BCUT2D eigenvalue weighted by molar-refractivity contribution is 5.81. The van der Waals surface area contributed by atoms with E-state index in [0.29, 0.717) is 11.1 Å². The molecule has 0 aromatic heterocycles. The summed E-state index contributed by atoms with van der Waals surface area (Å²) in [4.78, 5) is 14.7. The third kappa shape index (κ3) is 3.14. The number of rotatable bonds is 5. The SMILES string of the molecule is C=CC(=O)OCCC[N+]1(C)C=CN=C1. The lowest BCUT2D eigenvalue weighted by Gasteiger charge is -2.21. The first-order valence-electron chi connectivity index (χ1n) is 4.52. The van der Waals surface area contributed by atoms with Gasteiger partial charge in [0.05, 0.1) is 26.4 Å². The van der Waals surface area contributed by atoms with Gasteiger partial charge < -0.3 is 4.74 Å². The Hall–Kier alpha value is -1.42. The van der Waals surface area contributed by atoms with Gasteiger partial charge in [0.15, 0.2) is 6.34 Å².